The van der Waals surface area contributed by atoms with Gasteiger partial charge in [0, 0.05) is 12.5 Å². The van der Waals surface area contributed by atoms with Gasteiger partial charge < -0.3 is 14.0 Å². The molecule has 1 aromatic carbocycles. The van der Waals surface area contributed by atoms with Gasteiger partial charge in [0.1, 0.15) is 34.4 Å². The molecule has 2 aromatic heterocycles. The number of hydrogen-bond acceptors (Lipinski definition) is 5. The molecule has 0 saturated carbocycles. The second-order valence-electron chi connectivity index (χ2n) is 4.47. The van der Waals surface area contributed by atoms with Crippen LogP contribution in [0.5, 0.6) is 5.75 Å². The first-order valence-electron chi connectivity index (χ1n) is 6.37. The fourth-order valence-corrected chi connectivity index (χ4v) is 2.33. The van der Waals surface area contributed by atoms with Gasteiger partial charge in [-0.3, -0.25) is 0 Å². The molecular weight excluding hydrogens is 336 g/mol. The lowest BCUT2D eigenvalue weighted by Gasteiger charge is -2.08. The standard InChI is InChI=1S/C15H13BrN2O3/c1-19-9-12-11(8-21-18-12)7-20-13-4-2-3-10-5-6-14(16)17-15(10)13/h2-6,8H,7,9H2,1H3. The van der Waals surface area contributed by atoms with E-state index >= 15 is 0 Å². The minimum atomic E-state index is 0.357. The Hall–Kier alpha value is -1.92. The van der Waals surface area contributed by atoms with Crippen LogP contribution < -0.4 is 4.74 Å². The van der Waals surface area contributed by atoms with E-state index in [1.54, 1.807) is 13.4 Å². The minimum Gasteiger partial charge on any atom is -0.486 e. The fraction of sp³-hybridized carbons (Fsp3) is 0.200. The molecule has 5 nitrogen and oxygen atoms in total. The van der Waals surface area contributed by atoms with E-state index in [1.807, 2.05) is 30.3 Å². The maximum absolute atomic E-state index is 5.87. The van der Waals surface area contributed by atoms with Crippen LogP contribution in [-0.4, -0.2) is 17.3 Å². The van der Waals surface area contributed by atoms with Crippen molar-refractivity contribution < 1.29 is 14.0 Å². The van der Waals surface area contributed by atoms with Crippen molar-refractivity contribution in [3.05, 3.63) is 52.5 Å². The van der Waals surface area contributed by atoms with Crippen LogP contribution in [0.2, 0.25) is 0 Å². The fourth-order valence-electron chi connectivity index (χ4n) is 2.02. The molecule has 0 aliphatic rings. The molecule has 108 valence electrons. The number of aromatic nitrogens is 2. The first-order valence-corrected chi connectivity index (χ1v) is 7.16. The lowest BCUT2D eigenvalue weighted by Crippen LogP contribution is -2.00. The maximum atomic E-state index is 5.87. The highest BCUT2D eigenvalue weighted by molar-refractivity contribution is 9.10. The van der Waals surface area contributed by atoms with E-state index < -0.39 is 0 Å². The summed E-state index contributed by atoms with van der Waals surface area (Å²) in [6, 6.07) is 9.73. The highest BCUT2D eigenvalue weighted by Gasteiger charge is 2.10. The summed E-state index contributed by atoms with van der Waals surface area (Å²) in [5.74, 6) is 0.721. The van der Waals surface area contributed by atoms with Gasteiger partial charge in [0.25, 0.3) is 0 Å². The van der Waals surface area contributed by atoms with Crippen LogP contribution in [0.15, 0.2) is 45.7 Å². The zero-order valence-electron chi connectivity index (χ0n) is 11.4. The van der Waals surface area contributed by atoms with Crippen molar-refractivity contribution in [2.75, 3.05) is 7.11 Å². The largest absolute Gasteiger partial charge is 0.486 e. The van der Waals surface area contributed by atoms with Crippen molar-refractivity contribution in [1.29, 1.82) is 0 Å². The number of benzene rings is 1. The Kier molecular flexibility index (Phi) is 4.17. The number of methoxy groups -OCH3 is 1. The average molecular weight is 349 g/mol. The summed E-state index contributed by atoms with van der Waals surface area (Å²) >= 11 is 3.38. The molecule has 0 atom stereocenters. The zero-order chi connectivity index (χ0) is 14.7. The monoisotopic (exact) mass is 348 g/mol. The Morgan fingerprint density at radius 3 is 2.95 bits per heavy atom. The number of halogens is 1. The summed E-state index contributed by atoms with van der Waals surface area (Å²) < 4.78 is 16.7. The average Bonchev–Trinajstić information content (AvgIpc) is 2.93. The highest BCUT2D eigenvalue weighted by Crippen LogP contribution is 2.26. The van der Waals surface area contributed by atoms with Crippen molar-refractivity contribution >= 4 is 26.8 Å². The van der Waals surface area contributed by atoms with Crippen LogP contribution in [0.3, 0.4) is 0 Å². The van der Waals surface area contributed by atoms with E-state index in [-0.39, 0.29) is 0 Å². The van der Waals surface area contributed by atoms with Crippen molar-refractivity contribution in [3.63, 3.8) is 0 Å². The van der Waals surface area contributed by atoms with Gasteiger partial charge in [0.05, 0.1) is 12.2 Å². The first-order chi connectivity index (χ1) is 10.3. The van der Waals surface area contributed by atoms with Crippen LogP contribution in [-0.2, 0) is 18.0 Å². The van der Waals surface area contributed by atoms with Gasteiger partial charge in [-0.25, -0.2) is 4.98 Å². The van der Waals surface area contributed by atoms with Gasteiger partial charge in [-0.05, 0) is 34.1 Å². The van der Waals surface area contributed by atoms with Crippen molar-refractivity contribution in [1.82, 2.24) is 10.1 Å². The quantitative estimate of drug-likeness (QED) is 0.657. The highest BCUT2D eigenvalue weighted by atomic mass is 79.9. The number of nitrogens with zero attached hydrogens (tertiary/aromatic N) is 2. The normalized spacial score (nSPS) is 11.0. The summed E-state index contributed by atoms with van der Waals surface area (Å²) in [7, 11) is 1.62. The molecule has 0 fully saturated rings. The molecule has 0 bridgehead atoms. The molecule has 2 heterocycles. The van der Waals surface area contributed by atoms with Gasteiger partial charge in [-0.1, -0.05) is 17.3 Å². The summed E-state index contributed by atoms with van der Waals surface area (Å²) in [5.41, 5.74) is 2.42. The smallest absolute Gasteiger partial charge is 0.146 e. The Bertz CT molecular complexity index is 758. The molecule has 6 heteroatoms. The third-order valence-electron chi connectivity index (χ3n) is 3.04. The molecule has 0 N–H and O–H groups in total. The van der Waals surface area contributed by atoms with Crippen molar-refractivity contribution in [2.24, 2.45) is 0 Å². The molecule has 0 saturated heterocycles. The summed E-state index contributed by atoms with van der Waals surface area (Å²) in [6.45, 7) is 0.754. The Labute approximate surface area is 130 Å². The molecular formula is C15H13BrN2O3. The number of fused-ring (bicyclic) bond motifs is 1. The minimum absolute atomic E-state index is 0.357. The number of para-hydroxylation sites is 1. The van der Waals surface area contributed by atoms with E-state index in [4.69, 9.17) is 14.0 Å². The number of pyridine rings is 1. The molecule has 0 aliphatic heterocycles. The molecule has 0 amide bonds. The first kappa shape index (κ1) is 14.0. The Morgan fingerprint density at radius 1 is 1.19 bits per heavy atom. The van der Waals surface area contributed by atoms with Gasteiger partial charge in [-0.15, -0.1) is 0 Å². The second-order valence-corrected chi connectivity index (χ2v) is 5.28. The van der Waals surface area contributed by atoms with Crippen molar-refractivity contribution in [3.8, 4) is 5.75 Å². The molecule has 3 aromatic rings. The predicted molar refractivity (Wildman–Crippen MR) is 81.0 cm³/mol. The lowest BCUT2D eigenvalue weighted by molar-refractivity contribution is 0.175. The van der Waals surface area contributed by atoms with Crippen LogP contribution in [0.25, 0.3) is 10.9 Å². The number of rotatable bonds is 5. The second kappa shape index (κ2) is 6.24. The van der Waals surface area contributed by atoms with E-state index in [0.717, 1.165) is 32.5 Å². The van der Waals surface area contributed by atoms with Crippen LogP contribution >= 0.6 is 15.9 Å². The summed E-state index contributed by atoms with van der Waals surface area (Å²) in [6.07, 6.45) is 1.57. The van der Waals surface area contributed by atoms with Gasteiger partial charge in [0.2, 0.25) is 0 Å². The molecule has 0 radical (unpaired) electrons. The molecule has 0 spiro atoms. The van der Waals surface area contributed by atoms with Gasteiger partial charge in [-0.2, -0.15) is 0 Å². The predicted octanol–water partition coefficient (Wildman–Crippen LogP) is 3.71. The van der Waals surface area contributed by atoms with Gasteiger partial charge in [0.15, 0.2) is 0 Å². The lowest BCUT2D eigenvalue weighted by atomic mass is 10.2. The Balaban J connectivity index is 1.85. The number of hydrogen-bond donors (Lipinski definition) is 0. The topological polar surface area (TPSA) is 57.4 Å². The molecule has 21 heavy (non-hydrogen) atoms. The molecule has 0 unspecified atom stereocenters. The summed E-state index contributed by atoms with van der Waals surface area (Å²) in [5, 5.41) is 4.92. The van der Waals surface area contributed by atoms with Gasteiger partial charge >= 0.3 is 0 Å². The van der Waals surface area contributed by atoms with Crippen LogP contribution in [0.1, 0.15) is 11.3 Å². The molecule has 3 rings (SSSR count). The van der Waals surface area contributed by atoms with E-state index in [9.17, 15) is 0 Å². The van der Waals surface area contributed by atoms with E-state index in [0.29, 0.717) is 13.2 Å². The SMILES string of the molecule is COCc1nocc1COc1cccc2ccc(Br)nc12. The third kappa shape index (κ3) is 3.06. The van der Waals surface area contributed by atoms with E-state index in [1.165, 1.54) is 0 Å². The van der Waals surface area contributed by atoms with Crippen LogP contribution in [0, 0.1) is 0 Å². The Morgan fingerprint density at radius 2 is 2.10 bits per heavy atom. The molecule has 0 aliphatic carbocycles. The maximum Gasteiger partial charge on any atom is 0.146 e. The van der Waals surface area contributed by atoms with Crippen molar-refractivity contribution in [2.45, 2.75) is 13.2 Å². The third-order valence-corrected chi connectivity index (χ3v) is 3.48. The van der Waals surface area contributed by atoms with E-state index in [2.05, 4.69) is 26.1 Å². The number of ether oxygens (including phenoxy) is 2. The summed E-state index contributed by atoms with van der Waals surface area (Å²) in [4.78, 5) is 4.46. The van der Waals surface area contributed by atoms with Crippen LogP contribution in [0.4, 0.5) is 0 Å². The zero-order valence-corrected chi connectivity index (χ0v) is 13.0.